The molecule has 1 saturated carbocycles. The van der Waals surface area contributed by atoms with Gasteiger partial charge in [0.15, 0.2) is 5.82 Å². The van der Waals surface area contributed by atoms with Crippen LogP contribution in [-0.2, 0) is 6.61 Å². The minimum absolute atomic E-state index is 0.264. The molecule has 2 aromatic carbocycles. The van der Waals surface area contributed by atoms with Crippen LogP contribution in [0.1, 0.15) is 66.4 Å². The Morgan fingerprint density at radius 3 is 2.08 bits per heavy atom. The Labute approximate surface area is 228 Å². The van der Waals surface area contributed by atoms with Crippen LogP contribution in [0.3, 0.4) is 0 Å². The molecule has 6 nitrogen and oxygen atoms in total. The average molecular weight is 535 g/mol. The summed E-state index contributed by atoms with van der Waals surface area (Å²) in [4.78, 5) is 9.31. The van der Waals surface area contributed by atoms with E-state index < -0.39 is 8.32 Å². The van der Waals surface area contributed by atoms with Crippen molar-refractivity contribution in [1.82, 2.24) is 9.97 Å². The zero-order valence-corrected chi connectivity index (χ0v) is 24.9. The van der Waals surface area contributed by atoms with Crippen molar-refractivity contribution in [3.8, 4) is 34.5 Å². The van der Waals surface area contributed by atoms with E-state index in [1.165, 1.54) is 6.42 Å². The summed E-state index contributed by atoms with van der Waals surface area (Å²) in [6.07, 6.45) is 5.40. The van der Waals surface area contributed by atoms with Crippen molar-refractivity contribution in [2.24, 2.45) is 0 Å². The standard InChI is InChI=1S/C31H42N2O4Si/c1-21(2)38(22(3)4,23(5)6)37-29-18-25(17-28(19-29)36-27-9-8-10-27)31-32-16-15-30(33-31)35-20-24-11-13-26(34-7)14-12-24/h11-19,21-23,27H,8-10,20H2,1-7H3. The maximum Gasteiger partial charge on any atom is 0.258 e. The first-order chi connectivity index (χ1) is 18.2. The normalized spacial score (nSPS) is 14.1. The third-order valence-electron chi connectivity index (χ3n) is 7.67. The van der Waals surface area contributed by atoms with Crippen molar-refractivity contribution in [3.63, 3.8) is 0 Å². The molecule has 38 heavy (non-hydrogen) atoms. The molecule has 0 saturated heterocycles. The van der Waals surface area contributed by atoms with Gasteiger partial charge in [0.1, 0.15) is 23.9 Å². The van der Waals surface area contributed by atoms with Gasteiger partial charge in [-0.1, -0.05) is 53.7 Å². The lowest BCUT2D eigenvalue weighted by molar-refractivity contribution is 0.120. The van der Waals surface area contributed by atoms with E-state index in [0.717, 1.165) is 41.2 Å². The average Bonchev–Trinajstić information content (AvgIpc) is 2.88. The van der Waals surface area contributed by atoms with E-state index >= 15 is 0 Å². The van der Waals surface area contributed by atoms with E-state index in [0.29, 0.717) is 34.9 Å². The molecule has 0 N–H and O–H groups in total. The first kappa shape index (κ1) is 28.0. The van der Waals surface area contributed by atoms with Crippen molar-refractivity contribution in [1.29, 1.82) is 0 Å². The van der Waals surface area contributed by atoms with Crippen LogP contribution < -0.4 is 18.6 Å². The van der Waals surface area contributed by atoms with E-state index in [1.54, 1.807) is 19.4 Å². The van der Waals surface area contributed by atoms with Crippen LogP contribution in [0.25, 0.3) is 11.4 Å². The molecule has 3 aromatic rings. The van der Waals surface area contributed by atoms with Crippen LogP contribution >= 0.6 is 0 Å². The fourth-order valence-electron chi connectivity index (χ4n) is 5.51. The van der Waals surface area contributed by atoms with Crippen molar-refractivity contribution < 1.29 is 18.6 Å². The molecule has 1 aromatic heterocycles. The first-order valence-corrected chi connectivity index (χ1v) is 15.9. The summed E-state index contributed by atoms with van der Waals surface area (Å²) >= 11 is 0. The SMILES string of the molecule is COc1ccc(COc2ccnc(-c3cc(OC4CCC4)cc(O[Si](C(C)C)(C(C)C)C(C)C)c3)n2)cc1. The third-order valence-corrected chi connectivity index (χ3v) is 13.7. The van der Waals surface area contributed by atoms with Gasteiger partial charge in [0.05, 0.1) is 13.2 Å². The van der Waals surface area contributed by atoms with Crippen molar-refractivity contribution in [2.75, 3.05) is 7.11 Å². The Hall–Kier alpha value is -3.06. The van der Waals surface area contributed by atoms with E-state index in [2.05, 4.69) is 58.7 Å². The monoisotopic (exact) mass is 534 g/mol. The summed E-state index contributed by atoms with van der Waals surface area (Å²) in [5, 5.41) is 0. The molecule has 204 valence electrons. The number of rotatable bonds is 12. The smallest absolute Gasteiger partial charge is 0.258 e. The lowest BCUT2D eigenvalue weighted by Crippen LogP contribution is -2.50. The summed E-state index contributed by atoms with van der Waals surface area (Å²) in [7, 11) is -0.487. The predicted octanol–water partition coefficient (Wildman–Crippen LogP) is 8.22. The lowest BCUT2D eigenvalue weighted by Gasteiger charge is -2.42. The van der Waals surface area contributed by atoms with Gasteiger partial charge in [-0.15, -0.1) is 0 Å². The van der Waals surface area contributed by atoms with Gasteiger partial charge in [0.2, 0.25) is 5.88 Å². The highest BCUT2D eigenvalue weighted by Gasteiger charge is 2.47. The summed E-state index contributed by atoms with van der Waals surface area (Å²) in [6, 6.07) is 15.7. The zero-order chi connectivity index (χ0) is 27.3. The van der Waals surface area contributed by atoms with Crippen molar-refractivity contribution in [2.45, 2.75) is 90.1 Å². The van der Waals surface area contributed by atoms with E-state index in [1.807, 2.05) is 30.3 Å². The second kappa shape index (κ2) is 12.2. The van der Waals surface area contributed by atoms with Crippen LogP contribution in [0.15, 0.2) is 54.7 Å². The largest absolute Gasteiger partial charge is 0.543 e. The second-order valence-electron chi connectivity index (χ2n) is 11.1. The molecule has 0 aliphatic heterocycles. The van der Waals surface area contributed by atoms with Gasteiger partial charge in [-0.25, -0.2) is 4.98 Å². The topological polar surface area (TPSA) is 62.7 Å². The number of aromatic nitrogens is 2. The fourth-order valence-corrected chi connectivity index (χ4v) is 10.7. The fraction of sp³-hybridized carbons (Fsp3) is 0.484. The molecule has 7 heteroatoms. The van der Waals surface area contributed by atoms with Gasteiger partial charge >= 0.3 is 0 Å². The number of benzene rings is 2. The van der Waals surface area contributed by atoms with E-state index in [-0.39, 0.29) is 6.10 Å². The summed E-state index contributed by atoms with van der Waals surface area (Å²) in [5.41, 5.74) is 3.30. The van der Waals surface area contributed by atoms with Gasteiger partial charge in [-0.3, -0.25) is 0 Å². The van der Waals surface area contributed by atoms with Crippen molar-refractivity contribution in [3.05, 3.63) is 60.3 Å². The summed E-state index contributed by atoms with van der Waals surface area (Å²) in [6.45, 7) is 14.2. The minimum atomic E-state index is -2.15. The molecule has 1 aliphatic rings. The molecule has 4 rings (SSSR count). The predicted molar refractivity (Wildman–Crippen MR) is 155 cm³/mol. The van der Waals surface area contributed by atoms with Gasteiger partial charge in [0, 0.05) is 23.9 Å². The second-order valence-corrected chi connectivity index (χ2v) is 16.5. The Balaban J connectivity index is 1.63. The van der Waals surface area contributed by atoms with Gasteiger partial charge in [0.25, 0.3) is 8.32 Å². The highest BCUT2D eigenvalue weighted by Crippen LogP contribution is 2.44. The minimum Gasteiger partial charge on any atom is -0.543 e. The highest BCUT2D eigenvalue weighted by molar-refractivity contribution is 6.78. The number of nitrogens with zero attached hydrogens (tertiary/aromatic N) is 2. The molecule has 1 heterocycles. The first-order valence-electron chi connectivity index (χ1n) is 13.8. The number of ether oxygens (including phenoxy) is 3. The zero-order valence-electron chi connectivity index (χ0n) is 23.9. The summed E-state index contributed by atoms with van der Waals surface area (Å²) in [5.74, 6) is 3.59. The summed E-state index contributed by atoms with van der Waals surface area (Å²) < 4.78 is 24.6. The third kappa shape index (κ3) is 6.31. The molecule has 0 radical (unpaired) electrons. The molecule has 0 atom stereocenters. The maximum absolute atomic E-state index is 7.04. The van der Waals surface area contributed by atoms with E-state index in [4.69, 9.17) is 23.6 Å². The van der Waals surface area contributed by atoms with Gasteiger partial charge in [-0.2, -0.15) is 4.98 Å². The Kier molecular flexibility index (Phi) is 8.97. The molecule has 1 fully saturated rings. The van der Waals surface area contributed by atoms with Crippen LogP contribution in [-0.4, -0.2) is 31.5 Å². The molecule has 1 aliphatic carbocycles. The van der Waals surface area contributed by atoms with Crippen LogP contribution in [0.2, 0.25) is 16.6 Å². The number of hydrogen-bond donors (Lipinski definition) is 0. The number of hydrogen-bond acceptors (Lipinski definition) is 6. The molecule has 0 amide bonds. The molecule has 0 bridgehead atoms. The van der Waals surface area contributed by atoms with Crippen LogP contribution in [0.5, 0.6) is 23.1 Å². The van der Waals surface area contributed by atoms with Gasteiger partial charge < -0.3 is 18.6 Å². The lowest BCUT2D eigenvalue weighted by atomic mass is 9.96. The van der Waals surface area contributed by atoms with E-state index in [9.17, 15) is 0 Å². The highest BCUT2D eigenvalue weighted by atomic mass is 28.4. The van der Waals surface area contributed by atoms with Crippen molar-refractivity contribution >= 4 is 8.32 Å². The quantitative estimate of drug-likeness (QED) is 0.218. The molecule has 0 spiro atoms. The number of methoxy groups -OCH3 is 1. The Morgan fingerprint density at radius 1 is 0.842 bits per heavy atom. The van der Waals surface area contributed by atoms with Crippen LogP contribution in [0.4, 0.5) is 0 Å². The Morgan fingerprint density at radius 2 is 1.50 bits per heavy atom. The molecular weight excluding hydrogens is 492 g/mol. The molecular formula is C31H42N2O4Si. The Bertz CT molecular complexity index is 1170. The molecule has 0 unspecified atom stereocenters. The van der Waals surface area contributed by atoms with Gasteiger partial charge in [-0.05, 0) is 65.7 Å². The van der Waals surface area contributed by atoms with Crippen LogP contribution in [0, 0.1) is 0 Å². The maximum atomic E-state index is 7.04.